The summed E-state index contributed by atoms with van der Waals surface area (Å²) < 4.78 is 40.0. The number of nitrogens with zero attached hydrogens (tertiary/aromatic N) is 3. The lowest BCUT2D eigenvalue weighted by atomic mass is 9.82. The van der Waals surface area contributed by atoms with Crippen molar-refractivity contribution in [1.82, 2.24) is 14.1 Å². The van der Waals surface area contributed by atoms with Crippen molar-refractivity contribution in [2.45, 2.75) is 56.3 Å². The summed E-state index contributed by atoms with van der Waals surface area (Å²) in [6.07, 6.45) is 4.04. The molecule has 11 heteroatoms. The molecular formula is C21H30Cl2FN3O4S. The van der Waals surface area contributed by atoms with Crippen LogP contribution in [0.25, 0.3) is 0 Å². The Bertz CT molecular complexity index is 951. The van der Waals surface area contributed by atoms with Crippen molar-refractivity contribution in [3.8, 4) is 0 Å². The monoisotopic (exact) mass is 509 g/mol. The average molecular weight is 510 g/mol. The van der Waals surface area contributed by atoms with Gasteiger partial charge in [-0.05, 0) is 37.0 Å². The lowest BCUT2D eigenvalue weighted by molar-refractivity contribution is -0.140. The standard InChI is InChI=1S/C21H29ClFN3O4S.ClH/c1-31(29,30)26-10-9-25(20(28)12-14-5-6-17(23)16(22)11-14)21-18(3-2-4-19(21)26)24-8-7-15(27)13-24;/h5-6,11,15,18-19,21,27H,2-4,7-10,12-13H2,1H3;1H/t15-,18-,19-,21+;/m0./s1. The molecule has 32 heavy (non-hydrogen) atoms. The van der Waals surface area contributed by atoms with Gasteiger partial charge in [-0.2, -0.15) is 4.31 Å². The lowest BCUT2D eigenvalue weighted by Crippen LogP contribution is -2.69. The van der Waals surface area contributed by atoms with E-state index >= 15 is 0 Å². The molecule has 0 radical (unpaired) electrons. The molecule has 3 aliphatic rings. The van der Waals surface area contributed by atoms with Crippen LogP contribution in [0.2, 0.25) is 5.02 Å². The van der Waals surface area contributed by atoms with Gasteiger partial charge in [-0.1, -0.05) is 24.1 Å². The van der Waals surface area contributed by atoms with Gasteiger partial charge in [-0.15, -0.1) is 12.4 Å². The predicted molar refractivity (Wildman–Crippen MR) is 123 cm³/mol. The number of sulfonamides is 1. The van der Waals surface area contributed by atoms with Crippen LogP contribution in [0.15, 0.2) is 18.2 Å². The van der Waals surface area contributed by atoms with Crippen molar-refractivity contribution in [2.24, 2.45) is 0 Å². The van der Waals surface area contributed by atoms with Gasteiger partial charge in [-0.25, -0.2) is 12.8 Å². The van der Waals surface area contributed by atoms with Gasteiger partial charge >= 0.3 is 0 Å². The number of amides is 1. The summed E-state index contributed by atoms with van der Waals surface area (Å²) in [5.74, 6) is -0.642. The summed E-state index contributed by atoms with van der Waals surface area (Å²) in [4.78, 5) is 17.4. The van der Waals surface area contributed by atoms with E-state index in [2.05, 4.69) is 4.90 Å². The van der Waals surface area contributed by atoms with E-state index in [-0.39, 0.29) is 60.5 Å². The normalized spacial score (nSPS) is 29.4. The number of rotatable bonds is 4. The van der Waals surface area contributed by atoms with Crippen LogP contribution >= 0.6 is 24.0 Å². The second-order valence-electron chi connectivity index (χ2n) is 8.88. The second-order valence-corrected chi connectivity index (χ2v) is 11.2. The number of aliphatic hydroxyl groups is 1. The van der Waals surface area contributed by atoms with Crippen molar-refractivity contribution in [2.75, 3.05) is 32.4 Å². The van der Waals surface area contributed by atoms with Crippen LogP contribution in [-0.4, -0.2) is 90.2 Å². The first kappa shape index (κ1) is 25.6. The van der Waals surface area contributed by atoms with Gasteiger partial charge < -0.3 is 10.0 Å². The molecular weight excluding hydrogens is 480 g/mol. The maximum Gasteiger partial charge on any atom is 0.227 e. The molecule has 0 bridgehead atoms. The lowest BCUT2D eigenvalue weighted by Gasteiger charge is -2.53. The third-order valence-corrected chi connectivity index (χ3v) is 8.42. The molecule has 1 amide bonds. The Hall–Kier alpha value is -0.970. The molecule has 0 aromatic heterocycles. The molecule has 180 valence electrons. The topological polar surface area (TPSA) is 81.2 Å². The first-order valence-corrected chi connectivity index (χ1v) is 13.0. The third-order valence-electron chi connectivity index (χ3n) is 6.83. The number of hydrogen-bond acceptors (Lipinski definition) is 5. The van der Waals surface area contributed by atoms with Crippen LogP contribution in [0, 0.1) is 5.82 Å². The van der Waals surface area contributed by atoms with Crippen molar-refractivity contribution < 1.29 is 22.7 Å². The number of β-amino-alcohol motifs (C(OH)–C–C–N with tert-alkyl or cyclic N) is 1. The molecule has 1 saturated carbocycles. The summed E-state index contributed by atoms with van der Waals surface area (Å²) in [6, 6.07) is 3.73. The Balaban J connectivity index is 0.00000289. The fourth-order valence-electron chi connectivity index (χ4n) is 5.48. The van der Waals surface area contributed by atoms with E-state index in [1.165, 1.54) is 18.4 Å². The Morgan fingerprint density at radius 3 is 2.53 bits per heavy atom. The van der Waals surface area contributed by atoms with E-state index in [9.17, 15) is 22.7 Å². The zero-order valence-corrected chi connectivity index (χ0v) is 20.4. The highest BCUT2D eigenvalue weighted by molar-refractivity contribution is 7.88. The highest BCUT2D eigenvalue weighted by Crippen LogP contribution is 2.36. The Labute approximate surface area is 200 Å². The molecule has 1 aromatic carbocycles. The molecule has 1 aromatic rings. The number of benzene rings is 1. The number of likely N-dealkylation sites (tertiary alicyclic amines) is 1. The van der Waals surface area contributed by atoms with E-state index in [0.29, 0.717) is 31.5 Å². The van der Waals surface area contributed by atoms with Gasteiger partial charge in [0.15, 0.2) is 0 Å². The Morgan fingerprint density at radius 1 is 1.19 bits per heavy atom. The molecule has 1 N–H and O–H groups in total. The smallest absolute Gasteiger partial charge is 0.227 e. The molecule has 0 spiro atoms. The fraction of sp³-hybridized carbons (Fsp3) is 0.667. The number of aliphatic hydroxyl groups excluding tert-OH is 1. The van der Waals surface area contributed by atoms with E-state index in [4.69, 9.17) is 11.6 Å². The molecule has 2 aliphatic heterocycles. The van der Waals surface area contributed by atoms with Crippen LogP contribution in [0.5, 0.6) is 0 Å². The number of hydrogen-bond donors (Lipinski definition) is 1. The van der Waals surface area contributed by atoms with Crippen LogP contribution in [-0.2, 0) is 21.2 Å². The van der Waals surface area contributed by atoms with Gasteiger partial charge in [0.2, 0.25) is 15.9 Å². The van der Waals surface area contributed by atoms with Crippen molar-refractivity contribution >= 4 is 39.9 Å². The van der Waals surface area contributed by atoms with E-state index in [1.807, 2.05) is 4.90 Å². The first-order valence-electron chi connectivity index (χ1n) is 10.8. The molecule has 4 atom stereocenters. The molecule has 4 rings (SSSR count). The second kappa shape index (κ2) is 10.1. The molecule has 2 saturated heterocycles. The predicted octanol–water partition coefficient (Wildman–Crippen LogP) is 1.90. The maximum absolute atomic E-state index is 13.5. The van der Waals surface area contributed by atoms with Crippen LogP contribution in [0.1, 0.15) is 31.2 Å². The van der Waals surface area contributed by atoms with Gasteiger partial charge in [0, 0.05) is 38.3 Å². The summed E-state index contributed by atoms with van der Waals surface area (Å²) in [6.45, 7) is 1.87. The maximum atomic E-state index is 13.5. The average Bonchev–Trinajstić information content (AvgIpc) is 3.14. The van der Waals surface area contributed by atoms with E-state index < -0.39 is 15.8 Å². The number of fused-ring (bicyclic) bond motifs is 1. The largest absolute Gasteiger partial charge is 0.392 e. The molecule has 0 unspecified atom stereocenters. The molecule has 7 nitrogen and oxygen atoms in total. The quantitative estimate of drug-likeness (QED) is 0.670. The highest BCUT2D eigenvalue weighted by atomic mass is 35.5. The summed E-state index contributed by atoms with van der Waals surface area (Å²) in [7, 11) is -3.40. The van der Waals surface area contributed by atoms with Gasteiger partial charge in [0.05, 0.1) is 29.8 Å². The third kappa shape index (κ3) is 5.23. The minimum atomic E-state index is -3.40. The zero-order valence-electron chi connectivity index (χ0n) is 18.0. The summed E-state index contributed by atoms with van der Waals surface area (Å²) in [5, 5.41) is 10.0. The number of piperazine rings is 1. The van der Waals surface area contributed by atoms with Crippen LogP contribution < -0.4 is 0 Å². The minimum absolute atomic E-state index is 0. The van der Waals surface area contributed by atoms with Crippen LogP contribution in [0.4, 0.5) is 4.39 Å². The highest BCUT2D eigenvalue weighted by Gasteiger charge is 2.49. The zero-order chi connectivity index (χ0) is 22.3. The Kier molecular flexibility index (Phi) is 8.10. The SMILES string of the molecule is CS(=O)(=O)N1CCN(C(=O)Cc2ccc(F)c(Cl)c2)[C@@H]2[C@@H](N3CC[C@H](O)C3)CCC[C@@H]21.Cl. The molecule has 3 fully saturated rings. The Morgan fingerprint density at radius 2 is 1.91 bits per heavy atom. The summed E-state index contributed by atoms with van der Waals surface area (Å²) >= 11 is 5.88. The number of carbonyl (C=O) groups is 1. The number of carbonyl (C=O) groups excluding carboxylic acids is 1. The minimum Gasteiger partial charge on any atom is -0.392 e. The van der Waals surface area contributed by atoms with E-state index in [0.717, 1.165) is 19.4 Å². The summed E-state index contributed by atoms with van der Waals surface area (Å²) in [5.41, 5.74) is 0.627. The van der Waals surface area contributed by atoms with Crippen molar-refractivity contribution in [1.29, 1.82) is 0 Å². The first-order chi connectivity index (χ1) is 14.6. The molecule has 1 aliphatic carbocycles. The van der Waals surface area contributed by atoms with Gasteiger partial charge in [-0.3, -0.25) is 9.69 Å². The van der Waals surface area contributed by atoms with Crippen molar-refractivity contribution in [3.05, 3.63) is 34.6 Å². The van der Waals surface area contributed by atoms with Crippen molar-refractivity contribution in [3.63, 3.8) is 0 Å². The van der Waals surface area contributed by atoms with Gasteiger partial charge in [0.25, 0.3) is 0 Å². The number of halogens is 3. The van der Waals surface area contributed by atoms with Gasteiger partial charge in [0.1, 0.15) is 5.82 Å². The van der Waals surface area contributed by atoms with Crippen LogP contribution in [0.3, 0.4) is 0 Å². The molecule has 2 heterocycles. The van der Waals surface area contributed by atoms with E-state index in [1.54, 1.807) is 10.4 Å². The fourth-order valence-corrected chi connectivity index (χ4v) is 6.82.